The average molecular weight is 280 g/mol. The van der Waals surface area contributed by atoms with E-state index in [2.05, 4.69) is 13.8 Å². The van der Waals surface area contributed by atoms with Crippen molar-refractivity contribution in [3.05, 3.63) is 23.5 Å². The number of nitrogen functional groups attached to an aromatic ring is 1. The molecule has 0 unspecified atom stereocenters. The summed E-state index contributed by atoms with van der Waals surface area (Å²) in [6.07, 6.45) is 3.17. The van der Waals surface area contributed by atoms with Gasteiger partial charge in [-0.25, -0.2) is 9.18 Å². The van der Waals surface area contributed by atoms with Crippen LogP contribution in [0.4, 0.5) is 15.8 Å². The molecule has 1 aromatic rings. The van der Waals surface area contributed by atoms with Crippen LogP contribution in [0.15, 0.2) is 12.1 Å². The number of rotatable bonds is 2. The number of nitrogens with two attached hydrogens (primary N) is 1. The molecule has 1 fully saturated rings. The molecular weight excluding hydrogens is 259 g/mol. The topological polar surface area (TPSA) is 55.6 Å². The Kier molecular flexibility index (Phi) is 4.16. The molecule has 2 rings (SSSR count). The van der Waals surface area contributed by atoms with E-state index in [0.29, 0.717) is 5.69 Å². The van der Waals surface area contributed by atoms with Crippen LogP contribution in [0, 0.1) is 5.82 Å². The first-order chi connectivity index (χ1) is 9.45. The van der Waals surface area contributed by atoms with Crippen LogP contribution in [0.2, 0.25) is 0 Å². The number of esters is 1. The monoisotopic (exact) mass is 280 g/mol. The predicted octanol–water partition coefficient (Wildman–Crippen LogP) is 2.96. The first kappa shape index (κ1) is 14.6. The third-order valence-corrected chi connectivity index (χ3v) is 4.00. The van der Waals surface area contributed by atoms with Gasteiger partial charge in [-0.05, 0) is 45.2 Å². The minimum absolute atomic E-state index is 0.107. The Hall–Kier alpha value is -1.78. The summed E-state index contributed by atoms with van der Waals surface area (Å²) in [7, 11) is 1.29. The lowest BCUT2D eigenvalue weighted by Crippen LogP contribution is -2.44. The summed E-state index contributed by atoms with van der Waals surface area (Å²) in [5, 5.41) is 0. The van der Waals surface area contributed by atoms with Crippen LogP contribution in [-0.2, 0) is 4.74 Å². The van der Waals surface area contributed by atoms with Gasteiger partial charge in [-0.3, -0.25) is 0 Å². The van der Waals surface area contributed by atoms with Crippen molar-refractivity contribution in [2.75, 3.05) is 17.7 Å². The number of hydrogen-bond acceptors (Lipinski definition) is 4. The number of piperidine rings is 1. The summed E-state index contributed by atoms with van der Waals surface area (Å²) in [6.45, 7) is 4.15. The zero-order valence-corrected chi connectivity index (χ0v) is 12.1. The van der Waals surface area contributed by atoms with E-state index in [9.17, 15) is 9.18 Å². The Morgan fingerprint density at radius 3 is 2.50 bits per heavy atom. The van der Waals surface area contributed by atoms with Crippen molar-refractivity contribution >= 4 is 17.3 Å². The molecule has 2 N–H and O–H groups in total. The smallest absolute Gasteiger partial charge is 0.340 e. The molecule has 1 aromatic carbocycles. The highest BCUT2D eigenvalue weighted by molar-refractivity contribution is 5.96. The molecule has 1 saturated heterocycles. The fourth-order valence-electron chi connectivity index (χ4n) is 2.96. The van der Waals surface area contributed by atoms with Gasteiger partial charge in [0.1, 0.15) is 5.82 Å². The maximum absolute atomic E-state index is 14.3. The number of benzene rings is 1. The van der Waals surface area contributed by atoms with Gasteiger partial charge in [-0.1, -0.05) is 0 Å². The molecule has 0 spiro atoms. The molecule has 0 saturated carbocycles. The zero-order chi connectivity index (χ0) is 14.9. The van der Waals surface area contributed by atoms with Gasteiger partial charge in [0, 0.05) is 17.8 Å². The number of ether oxygens (including phenoxy) is 1. The molecule has 20 heavy (non-hydrogen) atoms. The highest BCUT2D eigenvalue weighted by Gasteiger charge is 2.28. The molecule has 4 nitrogen and oxygen atoms in total. The van der Waals surface area contributed by atoms with E-state index >= 15 is 0 Å². The Morgan fingerprint density at radius 2 is 1.95 bits per heavy atom. The maximum atomic E-state index is 14.3. The molecule has 0 bridgehead atoms. The quantitative estimate of drug-likeness (QED) is 0.668. The van der Waals surface area contributed by atoms with Gasteiger partial charge in [0.25, 0.3) is 0 Å². The van der Waals surface area contributed by atoms with Crippen molar-refractivity contribution in [3.8, 4) is 0 Å². The third kappa shape index (κ3) is 2.57. The van der Waals surface area contributed by atoms with Gasteiger partial charge in [0.2, 0.25) is 0 Å². The lowest BCUT2D eigenvalue weighted by atomic mass is 9.96. The highest BCUT2D eigenvalue weighted by Crippen LogP contribution is 2.33. The first-order valence-electron chi connectivity index (χ1n) is 6.91. The molecule has 1 aliphatic rings. The molecule has 0 radical (unpaired) electrons. The molecule has 5 heteroatoms. The van der Waals surface area contributed by atoms with Gasteiger partial charge < -0.3 is 15.4 Å². The van der Waals surface area contributed by atoms with Crippen molar-refractivity contribution in [2.24, 2.45) is 0 Å². The van der Waals surface area contributed by atoms with Crippen molar-refractivity contribution in [3.63, 3.8) is 0 Å². The van der Waals surface area contributed by atoms with Crippen LogP contribution in [-0.4, -0.2) is 25.2 Å². The minimum atomic E-state index is -0.541. The zero-order valence-electron chi connectivity index (χ0n) is 12.1. The second-order valence-corrected chi connectivity index (χ2v) is 5.42. The van der Waals surface area contributed by atoms with Crippen LogP contribution in [0.3, 0.4) is 0 Å². The van der Waals surface area contributed by atoms with Crippen LogP contribution in [0.1, 0.15) is 43.5 Å². The number of methoxy groups -OCH3 is 1. The number of anilines is 2. The van der Waals surface area contributed by atoms with Crippen molar-refractivity contribution < 1.29 is 13.9 Å². The normalized spacial score (nSPS) is 22.7. The van der Waals surface area contributed by atoms with E-state index in [1.165, 1.54) is 19.2 Å². The van der Waals surface area contributed by atoms with E-state index in [-0.39, 0.29) is 23.3 Å². The van der Waals surface area contributed by atoms with Crippen molar-refractivity contribution in [2.45, 2.75) is 45.2 Å². The van der Waals surface area contributed by atoms with Gasteiger partial charge in [-0.2, -0.15) is 0 Å². The molecular formula is C15H21FN2O2. The highest BCUT2D eigenvalue weighted by atomic mass is 19.1. The summed E-state index contributed by atoms with van der Waals surface area (Å²) in [4.78, 5) is 13.7. The predicted molar refractivity (Wildman–Crippen MR) is 77.4 cm³/mol. The standard InChI is InChI=1S/C15H21FN2O2/c1-9-5-4-6-10(2)18(9)14-7-11(15(19)20-3)13(17)8-12(14)16/h7-10H,4-6,17H2,1-3H3/t9-,10+. The minimum Gasteiger partial charge on any atom is -0.465 e. The maximum Gasteiger partial charge on any atom is 0.340 e. The SMILES string of the molecule is COC(=O)c1cc(N2[C@H](C)CCC[C@@H]2C)c(F)cc1N. The van der Waals surface area contributed by atoms with Crippen LogP contribution < -0.4 is 10.6 Å². The van der Waals surface area contributed by atoms with Crippen molar-refractivity contribution in [1.82, 2.24) is 0 Å². The number of carbonyl (C=O) groups is 1. The largest absolute Gasteiger partial charge is 0.465 e. The van der Waals surface area contributed by atoms with Gasteiger partial charge in [0.15, 0.2) is 0 Å². The fourth-order valence-corrected chi connectivity index (χ4v) is 2.96. The molecule has 2 atom stereocenters. The number of halogens is 1. The number of hydrogen-bond donors (Lipinski definition) is 1. The van der Waals surface area contributed by atoms with E-state index in [1.807, 2.05) is 4.90 Å². The van der Waals surface area contributed by atoms with Gasteiger partial charge >= 0.3 is 5.97 Å². The van der Waals surface area contributed by atoms with Gasteiger partial charge in [-0.15, -0.1) is 0 Å². The molecule has 0 aromatic heterocycles. The number of carbonyl (C=O) groups excluding carboxylic acids is 1. The first-order valence-corrected chi connectivity index (χ1v) is 6.91. The second kappa shape index (κ2) is 5.69. The summed E-state index contributed by atoms with van der Waals surface area (Å²) >= 11 is 0. The Bertz CT molecular complexity index is 509. The molecule has 1 aliphatic heterocycles. The molecule has 0 aliphatic carbocycles. The summed E-state index contributed by atoms with van der Waals surface area (Å²) < 4.78 is 18.9. The number of nitrogens with zero attached hydrogens (tertiary/aromatic N) is 1. The Morgan fingerprint density at radius 1 is 1.35 bits per heavy atom. The van der Waals surface area contributed by atoms with E-state index < -0.39 is 11.8 Å². The van der Waals surface area contributed by atoms with Crippen LogP contribution in [0.25, 0.3) is 0 Å². The molecule has 110 valence electrons. The Labute approximate surface area is 118 Å². The Balaban J connectivity index is 2.47. The fraction of sp³-hybridized carbons (Fsp3) is 0.533. The van der Waals surface area contributed by atoms with E-state index in [4.69, 9.17) is 10.5 Å². The second-order valence-electron chi connectivity index (χ2n) is 5.42. The van der Waals surface area contributed by atoms with E-state index in [1.54, 1.807) is 0 Å². The van der Waals surface area contributed by atoms with Crippen LogP contribution >= 0.6 is 0 Å². The molecule has 0 amide bonds. The summed E-state index contributed by atoms with van der Waals surface area (Å²) in [5.74, 6) is -0.934. The average Bonchev–Trinajstić information content (AvgIpc) is 2.40. The lowest BCUT2D eigenvalue weighted by Gasteiger charge is -2.41. The van der Waals surface area contributed by atoms with Crippen molar-refractivity contribution in [1.29, 1.82) is 0 Å². The third-order valence-electron chi connectivity index (χ3n) is 4.00. The molecule has 1 heterocycles. The van der Waals surface area contributed by atoms with E-state index in [0.717, 1.165) is 19.3 Å². The summed E-state index contributed by atoms with van der Waals surface area (Å²) in [5.41, 5.74) is 6.46. The lowest BCUT2D eigenvalue weighted by molar-refractivity contribution is 0.0602. The summed E-state index contributed by atoms with van der Waals surface area (Å²) in [6, 6.07) is 3.19. The van der Waals surface area contributed by atoms with Gasteiger partial charge in [0.05, 0.1) is 18.4 Å². The van der Waals surface area contributed by atoms with Crippen LogP contribution in [0.5, 0.6) is 0 Å².